The molecule has 8 heteroatoms. The number of halogens is 2. The molecule has 0 aliphatic heterocycles. The molecule has 1 aromatic carbocycles. The molecule has 110 valence electrons. The van der Waals surface area contributed by atoms with Gasteiger partial charge in [0.1, 0.15) is 16.7 Å². The Morgan fingerprint density at radius 3 is 2.76 bits per heavy atom. The summed E-state index contributed by atoms with van der Waals surface area (Å²) in [4.78, 5) is 17.9. The molecule has 1 heterocycles. The first-order valence-electron chi connectivity index (χ1n) is 6.15. The Morgan fingerprint density at radius 2 is 2.14 bits per heavy atom. The molecule has 0 bridgehead atoms. The van der Waals surface area contributed by atoms with Crippen LogP contribution in [0.1, 0.15) is 19.2 Å². The summed E-state index contributed by atoms with van der Waals surface area (Å²) in [6.45, 7) is 1.97. The minimum Gasteiger partial charge on any atom is -0.439 e. The Balaban J connectivity index is 2.25. The van der Waals surface area contributed by atoms with E-state index < -0.39 is 16.4 Å². The molecule has 2 rings (SSSR count). The average molecular weight is 312 g/mol. The number of benzene rings is 1. The number of nitro groups is 1. The van der Waals surface area contributed by atoms with Crippen molar-refractivity contribution in [3.05, 3.63) is 51.2 Å². The molecule has 2 aromatic rings. The lowest BCUT2D eigenvalue weighted by molar-refractivity contribution is -0.387. The molecule has 0 unspecified atom stereocenters. The number of hydrogen-bond acceptors (Lipinski definition) is 5. The minimum absolute atomic E-state index is 0.0929. The summed E-state index contributed by atoms with van der Waals surface area (Å²) in [5.41, 5.74) is -0.616. The fourth-order valence-corrected chi connectivity index (χ4v) is 1.84. The highest BCUT2D eigenvalue weighted by atomic mass is 35.5. The van der Waals surface area contributed by atoms with Gasteiger partial charge in [-0.2, -0.15) is 9.37 Å². The molecule has 1 aromatic heterocycles. The van der Waals surface area contributed by atoms with Crippen LogP contribution in [0.4, 0.5) is 10.1 Å². The van der Waals surface area contributed by atoms with Crippen LogP contribution >= 0.6 is 11.6 Å². The third kappa shape index (κ3) is 3.85. The van der Waals surface area contributed by atoms with Gasteiger partial charge in [0.05, 0.1) is 4.92 Å². The average Bonchev–Trinajstić information content (AvgIpc) is 2.37. The largest absolute Gasteiger partial charge is 0.439 e. The zero-order valence-electron chi connectivity index (χ0n) is 11.0. The topological polar surface area (TPSA) is 78.2 Å². The van der Waals surface area contributed by atoms with Crippen molar-refractivity contribution in [2.75, 3.05) is 0 Å². The summed E-state index contributed by atoms with van der Waals surface area (Å²) in [5.74, 6) is -0.212. The maximum Gasteiger partial charge on any atom is 0.305 e. The second-order valence-electron chi connectivity index (χ2n) is 4.17. The zero-order chi connectivity index (χ0) is 15.4. The van der Waals surface area contributed by atoms with Crippen LogP contribution in [-0.4, -0.2) is 14.9 Å². The monoisotopic (exact) mass is 311 g/mol. The number of nitro benzene ring substituents is 1. The third-order valence-electron chi connectivity index (χ3n) is 2.53. The number of ether oxygens (including phenoxy) is 1. The van der Waals surface area contributed by atoms with Gasteiger partial charge in [-0.05, 0) is 12.5 Å². The van der Waals surface area contributed by atoms with Crippen LogP contribution in [0.3, 0.4) is 0 Å². The predicted molar refractivity (Wildman–Crippen MR) is 74.2 cm³/mol. The Bertz CT molecular complexity index is 682. The van der Waals surface area contributed by atoms with Crippen LogP contribution in [0.2, 0.25) is 5.15 Å². The first-order chi connectivity index (χ1) is 9.99. The van der Waals surface area contributed by atoms with E-state index in [1.54, 1.807) is 0 Å². The van der Waals surface area contributed by atoms with Gasteiger partial charge in [0, 0.05) is 24.6 Å². The van der Waals surface area contributed by atoms with E-state index in [4.69, 9.17) is 16.3 Å². The molecule has 0 N–H and O–H groups in total. The summed E-state index contributed by atoms with van der Waals surface area (Å²) in [6.07, 6.45) is 1.47. The van der Waals surface area contributed by atoms with E-state index >= 15 is 0 Å². The van der Waals surface area contributed by atoms with Gasteiger partial charge in [-0.25, -0.2) is 4.98 Å². The molecule has 0 aliphatic rings. The van der Waals surface area contributed by atoms with Crippen molar-refractivity contribution in [2.45, 2.75) is 19.8 Å². The highest BCUT2D eigenvalue weighted by Crippen LogP contribution is 2.26. The van der Waals surface area contributed by atoms with Crippen molar-refractivity contribution in [1.29, 1.82) is 0 Å². The standard InChI is InChI=1S/C13H11ClFN3O3/c1-2-3-12-16-11(14)7-13(17-12)21-8-4-5-10(18(19)20)9(15)6-8/h4-7H,2-3H2,1H3. The Hall–Kier alpha value is -2.28. The van der Waals surface area contributed by atoms with Crippen LogP contribution in [0.25, 0.3) is 0 Å². The van der Waals surface area contributed by atoms with Gasteiger partial charge in [-0.15, -0.1) is 0 Å². The first-order valence-corrected chi connectivity index (χ1v) is 6.52. The Morgan fingerprint density at radius 1 is 1.38 bits per heavy atom. The molecule has 0 radical (unpaired) electrons. The smallest absolute Gasteiger partial charge is 0.305 e. The van der Waals surface area contributed by atoms with Gasteiger partial charge < -0.3 is 4.74 Å². The summed E-state index contributed by atoms with van der Waals surface area (Å²) >= 11 is 5.86. The molecular weight excluding hydrogens is 301 g/mol. The molecule has 0 amide bonds. The molecular formula is C13H11ClFN3O3. The maximum atomic E-state index is 13.5. The van der Waals surface area contributed by atoms with E-state index in [2.05, 4.69) is 9.97 Å². The molecule has 21 heavy (non-hydrogen) atoms. The van der Waals surface area contributed by atoms with Crippen LogP contribution in [0, 0.1) is 15.9 Å². The van der Waals surface area contributed by atoms with E-state index in [0.29, 0.717) is 12.2 Å². The number of hydrogen-bond donors (Lipinski definition) is 0. The van der Waals surface area contributed by atoms with E-state index in [9.17, 15) is 14.5 Å². The lowest BCUT2D eigenvalue weighted by Gasteiger charge is -2.07. The van der Waals surface area contributed by atoms with Crippen LogP contribution < -0.4 is 4.74 Å². The summed E-state index contributed by atoms with van der Waals surface area (Å²) in [5, 5.41) is 10.8. The molecule has 0 atom stereocenters. The number of aromatic nitrogens is 2. The SMILES string of the molecule is CCCc1nc(Cl)cc(Oc2ccc([N+](=O)[O-])c(F)c2)n1. The van der Waals surface area contributed by atoms with Crippen molar-refractivity contribution in [2.24, 2.45) is 0 Å². The molecule has 0 saturated heterocycles. The Kier molecular flexibility index (Phi) is 4.64. The summed E-state index contributed by atoms with van der Waals surface area (Å²) in [6, 6.07) is 4.63. The highest BCUT2D eigenvalue weighted by Gasteiger charge is 2.15. The molecule has 0 aliphatic carbocycles. The maximum absolute atomic E-state index is 13.5. The van der Waals surface area contributed by atoms with Crippen molar-refractivity contribution >= 4 is 17.3 Å². The van der Waals surface area contributed by atoms with Gasteiger partial charge in [0.25, 0.3) is 0 Å². The van der Waals surface area contributed by atoms with Gasteiger partial charge in [0.15, 0.2) is 0 Å². The number of nitrogens with zero attached hydrogens (tertiary/aromatic N) is 3. The van der Waals surface area contributed by atoms with E-state index in [1.807, 2.05) is 6.92 Å². The molecule has 6 nitrogen and oxygen atoms in total. The normalized spacial score (nSPS) is 10.4. The number of aryl methyl sites for hydroxylation is 1. The van der Waals surface area contributed by atoms with Gasteiger partial charge >= 0.3 is 5.69 Å². The predicted octanol–water partition coefficient (Wildman–Crippen LogP) is 3.92. The molecule has 0 fully saturated rings. The molecule has 0 saturated carbocycles. The van der Waals surface area contributed by atoms with E-state index in [-0.39, 0.29) is 16.8 Å². The van der Waals surface area contributed by atoms with E-state index in [0.717, 1.165) is 18.6 Å². The van der Waals surface area contributed by atoms with Crippen molar-refractivity contribution in [3.8, 4) is 11.6 Å². The quantitative estimate of drug-likeness (QED) is 0.475. The van der Waals surface area contributed by atoms with Crippen LogP contribution in [-0.2, 0) is 6.42 Å². The van der Waals surface area contributed by atoms with Crippen LogP contribution in [0.5, 0.6) is 11.6 Å². The van der Waals surface area contributed by atoms with Gasteiger partial charge in [-0.1, -0.05) is 18.5 Å². The fourth-order valence-electron chi connectivity index (χ4n) is 1.65. The summed E-state index contributed by atoms with van der Waals surface area (Å²) in [7, 11) is 0. The van der Waals surface area contributed by atoms with Crippen molar-refractivity contribution < 1.29 is 14.1 Å². The van der Waals surface area contributed by atoms with Crippen molar-refractivity contribution in [3.63, 3.8) is 0 Å². The second-order valence-corrected chi connectivity index (χ2v) is 4.55. The lowest BCUT2D eigenvalue weighted by atomic mass is 10.3. The fraction of sp³-hybridized carbons (Fsp3) is 0.231. The lowest BCUT2D eigenvalue weighted by Crippen LogP contribution is -1.98. The minimum atomic E-state index is -0.980. The molecule has 0 spiro atoms. The first kappa shape index (κ1) is 15.1. The summed E-state index contributed by atoms with van der Waals surface area (Å²) < 4.78 is 18.9. The van der Waals surface area contributed by atoms with Crippen molar-refractivity contribution in [1.82, 2.24) is 9.97 Å². The second kappa shape index (κ2) is 6.45. The highest BCUT2D eigenvalue weighted by molar-refractivity contribution is 6.29. The zero-order valence-corrected chi connectivity index (χ0v) is 11.8. The van der Waals surface area contributed by atoms with Gasteiger partial charge in [0.2, 0.25) is 11.7 Å². The Labute approximate surface area is 124 Å². The van der Waals surface area contributed by atoms with Gasteiger partial charge in [-0.3, -0.25) is 10.1 Å². The van der Waals surface area contributed by atoms with Crippen LogP contribution in [0.15, 0.2) is 24.3 Å². The third-order valence-corrected chi connectivity index (χ3v) is 2.72. The van der Waals surface area contributed by atoms with E-state index in [1.165, 1.54) is 12.1 Å². The number of rotatable bonds is 5.